The average Bonchev–Trinajstić information content (AvgIpc) is 2.75. The van der Waals surface area contributed by atoms with E-state index < -0.39 is 0 Å². The summed E-state index contributed by atoms with van der Waals surface area (Å²) >= 11 is 0. The summed E-state index contributed by atoms with van der Waals surface area (Å²) in [6.07, 6.45) is 6.37. The van der Waals surface area contributed by atoms with Gasteiger partial charge in [-0.25, -0.2) is 0 Å². The van der Waals surface area contributed by atoms with Crippen molar-refractivity contribution in [2.75, 3.05) is 79.3 Å². The summed E-state index contributed by atoms with van der Waals surface area (Å²) in [6.45, 7) is 12.2. The van der Waals surface area contributed by atoms with Gasteiger partial charge in [0, 0.05) is 6.42 Å². The van der Waals surface area contributed by atoms with Crippen LogP contribution in [0.15, 0.2) is 0 Å². The van der Waals surface area contributed by atoms with Crippen LogP contribution >= 0.6 is 0 Å². The molecule has 0 aromatic carbocycles. The molecule has 0 aromatic rings. The summed E-state index contributed by atoms with van der Waals surface area (Å²) in [5.74, 6) is -0.138. The standard InChI is InChI=1S/C23H46O8/c1-4-5-6-7-8-9-23(24)31-21-19-29-17-15-27-13-11-25-10-12-26-14-16-28-18-20-30-22(2)3/h22H,4-21H2,1-3H3. The predicted octanol–water partition coefficient (Wildman–Crippen LogP) is 3.40. The molecule has 0 aliphatic rings. The van der Waals surface area contributed by atoms with Crippen LogP contribution in [0, 0.1) is 0 Å². The van der Waals surface area contributed by atoms with Crippen LogP contribution < -0.4 is 0 Å². The molecule has 0 rings (SSSR count). The molecule has 0 saturated carbocycles. The van der Waals surface area contributed by atoms with Crippen LogP contribution in [0.25, 0.3) is 0 Å². The lowest BCUT2D eigenvalue weighted by Gasteiger charge is -2.09. The summed E-state index contributed by atoms with van der Waals surface area (Å²) < 4.78 is 37.5. The third-order valence-electron chi connectivity index (χ3n) is 4.14. The van der Waals surface area contributed by atoms with Crippen LogP contribution in [-0.4, -0.2) is 91.4 Å². The van der Waals surface area contributed by atoms with Crippen molar-refractivity contribution in [2.45, 2.75) is 65.4 Å². The van der Waals surface area contributed by atoms with E-state index in [1.54, 1.807) is 0 Å². The van der Waals surface area contributed by atoms with Crippen molar-refractivity contribution in [3.8, 4) is 0 Å². The average molecular weight is 451 g/mol. The normalized spacial score (nSPS) is 11.4. The minimum Gasteiger partial charge on any atom is -0.463 e. The number of ether oxygens (including phenoxy) is 7. The summed E-state index contributed by atoms with van der Waals surface area (Å²) in [6, 6.07) is 0. The van der Waals surface area contributed by atoms with Gasteiger partial charge in [-0.1, -0.05) is 32.6 Å². The number of unbranched alkanes of at least 4 members (excludes halogenated alkanes) is 4. The summed E-state index contributed by atoms with van der Waals surface area (Å²) in [4.78, 5) is 11.5. The van der Waals surface area contributed by atoms with Gasteiger partial charge in [0.2, 0.25) is 0 Å². The summed E-state index contributed by atoms with van der Waals surface area (Å²) in [5, 5.41) is 0. The van der Waals surface area contributed by atoms with Crippen molar-refractivity contribution in [1.29, 1.82) is 0 Å². The van der Waals surface area contributed by atoms with Gasteiger partial charge >= 0.3 is 5.97 Å². The zero-order valence-corrected chi connectivity index (χ0v) is 20.1. The summed E-state index contributed by atoms with van der Waals surface area (Å²) in [5.41, 5.74) is 0. The van der Waals surface area contributed by atoms with E-state index in [1.807, 2.05) is 13.8 Å². The van der Waals surface area contributed by atoms with Gasteiger partial charge in [-0.3, -0.25) is 4.79 Å². The highest BCUT2D eigenvalue weighted by Gasteiger charge is 2.02. The molecular formula is C23H46O8. The van der Waals surface area contributed by atoms with Crippen LogP contribution in [0.2, 0.25) is 0 Å². The van der Waals surface area contributed by atoms with Crippen molar-refractivity contribution in [3.63, 3.8) is 0 Å². The van der Waals surface area contributed by atoms with Crippen LogP contribution in [0.1, 0.15) is 59.3 Å². The molecule has 0 amide bonds. The number of carbonyl (C=O) groups is 1. The molecule has 0 atom stereocenters. The lowest BCUT2D eigenvalue weighted by Crippen LogP contribution is -2.15. The zero-order chi connectivity index (χ0) is 22.8. The highest BCUT2D eigenvalue weighted by Crippen LogP contribution is 2.05. The fourth-order valence-corrected chi connectivity index (χ4v) is 2.48. The number of rotatable bonds is 25. The molecule has 8 nitrogen and oxygen atoms in total. The molecule has 0 aromatic heterocycles. The number of esters is 1. The topological polar surface area (TPSA) is 81.7 Å². The van der Waals surface area contributed by atoms with Crippen molar-refractivity contribution >= 4 is 5.97 Å². The Morgan fingerprint density at radius 1 is 0.581 bits per heavy atom. The second-order valence-corrected chi connectivity index (χ2v) is 7.37. The third-order valence-corrected chi connectivity index (χ3v) is 4.14. The highest BCUT2D eigenvalue weighted by atomic mass is 16.6. The molecule has 0 aliphatic heterocycles. The van der Waals surface area contributed by atoms with Crippen molar-refractivity contribution < 1.29 is 38.0 Å². The lowest BCUT2D eigenvalue weighted by atomic mass is 10.1. The molecule has 186 valence electrons. The fourth-order valence-electron chi connectivity index (χ4n) is 2.48. The molecule has 0 unspecified atom stereocenters. The van der Waals surface area contributed by atoms with Crippen molar-refractivity contribution in [3.05, 3.63) is 0 Å². The Morgan fingerprint density at radius 3 is 1.45 bits per heavy atom. The van der Waals surface area contributed by atoms with E-state index in [0.29, 0.717) is 85.7 Å². The van der Waals surface area contributed by atoms with Gasteiger partial charge in [0.25, 0.3) is 0 Å². The molecule has 0 saturated heterocycles. The van der Waals surface area contributed by atoms with E-state index in [9.17, 15) is 4.79 Å². The Morgan fingerprint density at radius 2 is 1.00 bits per heavy atom. The third kappa shape index (κ3) is 27.2. The van der Waals surface area contributed by atoms with Gasteiger partial charge in [-0.05, 0) is 20.3 Å². The van der Waals surface area contributed by atoms with Gasteiger partial charge < -0.3 is 33.2 Å². The Kier molecular flexibility index (Phi) is 24.9. The molecule has 0 aliphatic carbocycles. The minimum atomic E-state index is -0.138. The maximum Gasteiger partial charge on any atom is 0.305 e. The van der Waals surface area contributed by atoms with Crippen molar-refractivity contribution in [2.24, 2.45) is 0 Å². The van der Waals surface area contributed by atoms with Crippen LogP contribution in [0.3, 0.4) is 0 Å². The molecular weight excluding hydrogens is 404 g/mol. The second kappa shape index (κ2) is 25.5. The van der Waals surface area contributed by atoms with E-state index in [4.69, 9.17) is 33.2 Å². The van der Waals surface area contributed by atoms with E-state index in [-0.39, 0.29) is 12.1 Å². The molecule has 31 heavy (non-hydrogen) atoms. The number of hydrogen-bond acceptors (Lipinski definition) is 8. The second-order valence-electron chi connectivity index (χ2n) is 7.37. The van der Waals surface area contributed by atoms with E-state index in [2.05, 4.69) is 6.92 Å². The Labute approximate surface area is 189 Å². The molecule has 0 bridgehead atoms. The molecule has 0 heterocycles. The van der Waals surface area contributed by atoms with Gasteiger partial charge in [-0.15, -0.1) is 0 Å². The van der Waals surface area contributed by atoms with Gasteiger partial charge in [0.1, 0.15) is 6.61 Å². The zero-order valence-electron chi connectivity index (χ0n) is 20.1. The maximum absolute atomic E-state index is 11.5. The van der Waals surface area contributed by atoms with Crippen LogP contribution in [0.4, 0.5) is 0 Å². The Bertz CT molecular complexity index is 365. The molecule has 0 fully saturated rings. The van der Waals surface area contributed by atoms with E-state index in [0.717, 1.165) is 12.8 Å². The quantitative estimate of drug-likeness (QED) is 0.155. The first kappa shape index (κ1) is 30.2. The molecule has 8 heteroatoms. The molecule has 0 radical (unpaired) electrons. The predicted molar refractivity (Wildman–Crippen MR) is 120 cm³/mol. The summed E-state index contributed by atoms with van der Waals surface area (Å²) in [7, 11) is 0. The molecule has 0 N–H and O–H groups in total. The van der Waals surface area contributed by atoms with E-state index in [1.165, 1.54) is 19.3 Å². The SMILES string of the molecule is CCCCCCCC(=O)OCCOCCOCCOCCOCCOCCOC(C)C. The maximum atomic E-state index is 11.5. The first-order valence-electron chi connectivity index (χ1n) is 11.8. The van der Waals surface area contributed by atoms with E-state index >= 15 is 0 Å². The number of hydrogen-bond donors (Lipinski definition) is 0. The van der Waals surface area contributed by atoms with Crippen LogP contribution in [-0.2, 0) is 38.0 Å². The Balaban J connectivity index is 3.10. The molecule has 0 spiro atoms. The monoisotopic (exact) mass is 450 g/mol. The fraction of sp³-hybridized carbons (Fsp3) is 0.957. The van der Waals surface area contributed by atoms with Crippen molar-refractivity contribution in [1.82, 2.24) is 0 Å². The van der Waals surface area contributed by atoms with Gasteiger partial charge in [0.15, 0.2) is 0 Å². The lowest BCUT2D eigenvalue weighted by molar-refractivity contribution is -0.145. The van der Waals surface area contributed by atoms with Gasteiger partial charge in [-0.2, -0.15) is 0 Å². The first-order chi connectivity index (χ1) is 15.2. The minimum absolute atomic E-state index is 0.138. The Hall–Kier alpha value is -0.770. The van der Waals surface area contributed by atoms with Gasteiger partial charge in [0.05, 0.1) is 78.8 Å². The largest absolute Gasteiger partial charge is 0.463 e. The van der Waals surface area contributed by atoms with Crippen LogP contribution in [0.5, 0.6) is 0 Å². The smallest absolute Gasteiger partial charge is 0.305 e. The highest BCUT2D eigenvalue weighted by molar-refractivity contribution is 5.69. The number of carbonyl (C=O) groups excluding carboxylic acids is 1. The first-order valence-corrected chi connectivity index (χ1v) is 11.8.